The van der Waals surface area contributed by atoms with Crippen molar-refractivity contribution in [3.05, 3.63) is 35.4 Å². The molecule has 1 aromatic rings. The first-order valence-corrected chi connectivity index (χ1v) is 20.0. The number of carboxylic acids is 1. The van der Waals surface area contributed by atoms with Gasteiger partial charge < -0.3 is 40.3 Å². The fourth-order valence-electron chi connectivity index (χ4n) is 8.03. The number of hydrogen-bond acceptors (Lipinski definition) is 8. The number of carbonyl (C=O) groups excluding carboxylic acids is 4. The van der Waals surface area contributed by atoms with E-state index in [2.05, 4.69) is 22.9 Å². The van der Waals surface area contributed by atoms with E-state index in [0.29, 0.717) is 12.8 Å². The minimum atomic E-state index is -1.14. The molecule has 13 nitrogen and oxygen atoms in total. The molecule has 13 heteroatoms. The van der Waals surface area contributed by atoms with Gasteiger partial charge in [-0.1, -0.05) is 91.6 Å². The van der Waals surface area contributed by atoms with E-state index in [-0.39, 0.29) is 60.3 Å². The molecule has 0 spiro atoms. The average Bonchev–Trinajstić information content (AvgIpc) is 3.42. The maximum Gasteiger partial charge on any atom is 0.326 e. The van der Waals surface area contributed by atoms with Gasteiger partial charge in [0.2, 0.25) is 23.6 Å². The van der Waals surface area contributed by atoms with E-state index in [4.69, 9.17) is 9.47 Å². The Hall–Kier alpha value is -3.55. The van der Waals surface area contributed by atoms with E-state index in [0.717, 1.165) is 11.1 Å². The molecule has 312 valence electrons. The standard InChI is InChI=1S/C42H71N5O8/c1-15-26(7)37(46(12)41(51)36(24(4)5)45-40(50)35(43-11)23(2)3)33(54-13)22-34(48)47-29(10)27(8)20-32(47)38(55-14)28(9)39(49)44-31(42(52)53)21-30-18-16-25(6)17-19-30/h16-19,23-24,26-29,31-33,35-38,43H,15,20-22H2,1-14H3,(H,44,49)(H,45,50)(H,52,53)/t26-,27-,28+,29?,31-,32-,33+,35-,36-,37-,38+/m0/s1. The van der Waals surface area contributed by atoms with Crippen LogP contribution in [0.25, 0.3) is 0 Å². The number of hydrogen-bond donors (Lipinski definition) is 4. The molecule has 0 saturated carbocycles. The molecule has 11 atom stereocenters. The van der Waals surface area contributed by atoms with E-state index in [1.165, 1.54) is 7.11 Å². The second-order valence-electron chi connectivity index (χ2n) is 16.4. The molecule has 0 aromatic heterocycles. The molecule has 0 bridgehead atoms. The van der Waals surface area contributed by atoms with Gasteiger partial charge in [0.1, 0.15) is 12.1 Å². The Morgan fingerprint density at radius 2 is 1.49 bits per heavy atom. The van der Waals surface area contributed by atoms with E-state index in [1.54, 1.807) is 37.9 Å². The van der Waals surface area contributed by atoms with Gasteiger partial charge in [0.25, 0.3) is 0 Å². The minimum absolute atomic E-state index is 0.0164. The zero-order chi connectivity index (χ0) is 41.9. The summed E-state index contributed by atoms with van der Waals surface area (Å²) in [4.78, 5) is 71.3. The number of carbonyl (C=O) groups is 5. The van der Waals surface area contributed by atoms with E-state index >= 15 is 0 Å². The second kappa shape index (κ2) is 21.7. The van der Waals surface area contributed by atoms with Crippen molar-refractivity contribution >= 4 is 29.6 Å². The normalized spacial score (nSPS) is 21.6. The lowest BCUT2D eigenvalue weighted by atomic mass is 9.89. The Morgan fingerprint density at radius 1 is 0.909 bits per heavy atom. The van der Waals surface area contributed by atoms with Crippen molar-refractivity contribution in [3.8, 4) is 0 Å². The summed E-state index contributed by atoms with van der Waals surface area (Å²) in [6.45, 7) is 19.4. The molecular weight excluding hydrogens is 702 g/mol. The topological polar surface area (TPSA) is 167 Å². The van der Waals surface area contributed by atoms with E-state index in [9.17, 15) is 29.1 Å². The molecule has 0 aliphatic carbocycles. The van der Waals surface area contributed by atoms with Crippen LogP contribution in [0.2, 0.25) is 0 Å². The van der Waals surface area contributed by atoms with Gasteiger partial charge in [-0.2, -0.15) is 0 Å². The fraction of sp³-hybridized carbons (Fsp3) is 0.738. The number of likely N-dealkylation sites (N-methyl/N-ethyl adjacent to an activating group) is 2. The lowest BCUT2D eigenvalue weighted by Crippen LogP contribution is -2.60. The lowest BCUT2D eigenvalue weighted by Gasteiger charge is -2.41. The number of amides is 4. The van der Waals surface area contributed by atoms with Crippen molar-refractivity contribution in [1.82, 2.24) is 25.8 Å². The van der Waals surface area contributed by atoms with Crippen LogP contribution in [-0.2, 0) is 39.9 Å². The summed E-state index contributed by atoms with van der Waals surface area (Å²) in [5.41, 5.74) is 1.84. The Bertz CT molecular complexity index is 1420. The largest absolute Gasteiger partial charge is 0.480 e. The number of rotatable bonds is 21. The first-order chi connectivity index (χ1) is 25.7. The van der Waals surface area contributed by atoms with Crippen LogP contribution in [-0.4, -0.2) is 121 Å². The smallest absolute Gasteiger partial charge is 0.326 e. The summed E-state index contributed by atoms with van der Waals surface area (Å²) in [7, 11) is 6.48. The van der Waals surface area contributed by atoms with Crippen LogP contribution in [0.5, 0.6) is 0 Å². The van der Waals surface area contributed by atoms with Gasteiger partial charge in [-0.15, -0.1) is 0 Å². The molecule has 4 amide bonds. The number of aliphatic carboxylic acids is 1. The van der Waals surface area contributed by atoms with Gasteiger partial charge in [-0.05, 0) is 56.6 Å². The van der Waals surface area contributed by atoms with E-state index in [1.807, 2.05) is 79.7 Å². The van der Waals surface area contributed by atoms with Crippen LogP contribution >= 0.6 is 0 Å². The Balaban J connectivity index is 2.36. The summed E-state index contributed by atoms with van der Waals surface area (Å²) in [5.74, 6) is -3.24. The van der Waals surface area contributed by atoms with Crippen LogP contribution in [0.15, 0.2) is 24.3 Å². The number of methoxy groups -OCH3 is 2. The molecule has 1 aromatic carbocycles. The molecular formula is C42H71N5O8. The maximum atomic E-state index is 14.5. The predicted molar refractivity (Wildman–Crippen MR) is 214 cm³/mol. The highest BCUT2D eigenvalue weighted by atomic mass is 16.5. The first-order valence-electron chi connectivity index (χ1n) is 20.0. The number of nitrogens with one attached hydrogen (secondary N) is 3. The molecule has 0 radical (unpaired) electrons. The second-order valence-corrected chi connectivity index (χ2v) is 16.4. The van der Waals surface area contributed by atoms with Gasteiger partial charge in [0.05, 0.1) is 42.7 Å². The summed E-state index contributed by atoms with van der Waals surface area (Å²) in [6, 6.07) is 3.97. The third-order valence-corrected chi connectivity index (χ3v) is 11.8. The molecule has 4 N–H and O–H groups in total. The van der Waals surface area contributed by atoms with Crippen molar-refractivity contribution < 1.29 is 38.6 Å². The number of aryl methyl sites for hydroxylation is 1. The average molecular weight is 774 g/mol. The highest BCUT2D eigenvalue weighted by molar-refractivity contribution is 5.90. The van der Waals surface area contributed by atoms with Gasteiger partial charge in [-0.25, -0.2) is 4.79 Å². The number of benzene rings is 1. The highest BCUT2D eigenvalue weighted by Gasteiger charge is 2.47. The van der Waals surface area contributed by atoms with Crippen LogP contribution < -0.4 is 16.0 Å². The number of carboxylic acid groups (broad SMARTS) is 1. The van der Waals surface area contributed by atoms with Crippen molar-refractivity contribution in [2.24, 2.45) is 29.6 Å². The van der Waals surface area contributed by atoms with Crippen molar-refractivity contribution in [3.63, 3.8) is 0 Å². The van der Waals surface area contributed by atoms with Gasteiger partial charge in [-0.3, -0.25) is 19.2 Å². The fourth-order valence-corrected chi connectivity index (χ4v) is 8.03. The molecule has 1 aliphatic heterocycles. The zero-order valence-electron chi connectivity index (χ0n) is 35.8. The predicted octanol–water partition coefficient (Wildman–Crippen LogP) is 4.05. The highest BCUT2D eigenvalue weighted by Crippen LogP contribution is 2.36. The number of ether oxygens (including phenoxy) is 2. The van der Waals surface area contributed by atoms with Crippen LogP contribution in [0.1, 0.15) is 92.7 Å². The van der Waals surface area contributed by atoms with Gasteiger partial charge in [0, 0.05) is 33.7 Å². The van der Waals surface area contributed by atoms with Crippen LogP contribution in [0.3, 0.4) is 0 Å². The summed E-state index contributed by atoms with van der Waals surface area (Å²) < 4.78 is 12.0. The van der Waals surface area contributed by atoms with Crippen LogP contribution in [0.4, 0.5) is 0 Å². The van der Waals surface area contributed by atoms with Crippen molar-refractivity contribution in [2.75, 3.05) is 28.3 Å². The third kappa shape index (κ3) is 12.2. The van der Waals surface area contributed by atoms with Crippen molar-refractivity contribution in [2.45, 2.75) is 143 Å². The SMILES string of the molecule is CC[C@H](C)[C@@H]([C@@H](CC(=O)N1C(C)[C@@H](C)C[C@H]1[C@H](OC)[C@@H](C)C(=O)N[C@@H](Cc1ccc(C)cc1)C(=O)O)OC)N(C)C(=O)[C@@H](NC(=O)[C@@H](NC)C(C)C)C(C)C. The third-order valence-electron chi connectivity index (χ3n) is 11.8. The van der Waals surface area contributed by atoms with Crippen molar-refractivity contribution in [1.29, 1.82) is 0 Å². The molecule has 2 rings (SSSR count). The molecule has 1 saturated heterocycles. The number of likely N-dealkylation sites (tertiary alicyclic amines) is 1. The van der Waals surface area contributed by atoms with E-state index < -0.39 is 60.2 Å². The summed E-state index contributed by atoms with van der Waals surface area (Å²) in [6.07, 6.45) is -0.00538. The lowest BCUT2D eigenvalue weighted by molar-refractivity contribution is -0.149. The summed E-state index contributed by atoms with van der Waals surface area (Å²) >= 11 is 0. The molecule has 1 heterocycles. The molecule has 1 aliphatic rings. The number of nitrogens with zero attached hydrogens (tertiary/aromatic N) is 2. The molecule has 1 fully saturated rings. The maximum absolute atomic E-state index is 14.5. The van der Waals surface area contributed by atoms with Gasteiger partial charge in [0.15, 0.2) is 0 Å². The molecule has 55 heavy (non-hydrogen) atoms. The van der Waals surface area contributed by atoms with Crippen LogP contribution in [0, 0.1) is 36.5 Å². The minimum Gasteiger partial charge on any atom is -0.480 e. The Labute approximate surface area is 330 Å². The monoisotopic (exact) mass is 774 g/mol. The molecule has 1 unspecified atom stereocenters. The zero-order valence-corrected chi connectivity index (χ0v) is 35.8. The Kier molecular flexibility index (Phi) is 18.8. The first kappa shape index (κ1) is 47.6. The summed E-state index contributed by atoms with van der Waals surface area (Å²) in [5, 5.41) is 18.7. The van der Waals surface area contributed by atoms with Gasteiger partial charge >= 0.3 is 5.97 Å². The quantitative estimate of drug-likeness (QED) is 0.144. The Morgan fingerprint density at radius 3 is 1.96 bits per heavy atom.